The van der Waals surface area contributed by atoms with Crippen molar-refractivity contribution in [3.8, 4) is 0 Å². The molecular formula is C19H22N2O3S. The van der Waals surface area contributed by atoms with Crippen LogP contribution in [0.5, 0.6) is 0 Å². The molecule has 1 aromatic carbocycles. The number of carbonyl (C=O) groups excluding carboxylic acids is 2. The van der Waals surface area contributed by atoms with Crippen LogP contribution in [-0.4, -0.2) is 23.4 Å². The highest BCUT2D eigenvalue weighted by Gasteiger charge is 2.36. The number of ether oxygens (including phenoxy) is 1. The first-order chi connectivity index (χ1) is 12.1. The van der Waals surface area contributed by atoms with Gasteiger partial charge in [-0.15, -0.1) is 11.3 Å². The molecule has 1 fully saturated rings. The molecule has 1 aliphatic rings. The van der Waals surface area contributed by atoms with Crippen LogP contribution in [0.2, 0.25) is 0 Å². The van der Waals surface area contributed by atoms with Gasteiger partial charge in [0.25, 0.3) is 0 Å². The summed E-state index contributed by atoms with van der Waals surface area (Å²) in [6.07, 6.45) is 1.92. The lowest BCUT2D eigenvalue weighted by Gasteiger charge is -2.19. The number of aromatic nitrogens is 1. The average Bonchev–Trinajstić information content (AvgIpc) is 3.26. The third kappa shape index (κ3) is 3.90. The maximum absolute atomic E-state index is 12.4. The van der Waals surface area contributed by atoms with Gasteiger partial charge >= 0.3 is 5.97 Å². The van der Waals surface area contributed by atoms with E-state index in [1.807, 2.05) is 36.6 Å². The van der Waals surface area contributed by atoms with Crippen molar-refractivity contribution in [2.45, 2.75) is 39.7 Å². The molecule has 1 unspecified atom stereocenters. The molecule has 1 atom stereocenters. The number of aryl methyl sites for hydroxylation is 2. The predicted molar refractivity (Wildman–Crippen MR) is 97.6 cm³/mol. The quantitative estimate of drug-likeness (QED) is 0.743. The summed E-state index contributed by atoms with van der Waals surface area (Å²) in [6, 6.07) is 7.84. The smallest absolute Gasteiger partial charge is 0.311 e. The number of hydrogen-bond donors (Lipinski definition) is 0. The van der Waals surface area contributed by atoms with Crippen LogP contribution in [0.15, 0.2) is 29.6 Å². The Morgan fingerprint density at radius 2 is 2.12 bits per heavy atom. The molecule has 5 nitrogen and oxygen atoms in total. The Bertz CT molecular complexity index is 772. The number of anilines is 1. The van der Waals surface area contributed by atoms with E-state index in [0.29, 0.717) is 6.54 Å². The van der Waals surface area contributed by atoms with Gasteiger partial charge in [-0.2, -0.15) is 0 Å². The molecule has 3 rings (SSSR count). The van der Waals surface area contributed by atoms with Gasteiger partial charge in [0, 0.05) is 24.0 Å². The van der Waals surface area contributed by atoms with Gasteiger partial charge in [0.2, 0.25) is 5.91 Å². The molecule has 25 heavy (non-hydrogen) atoms. The van der Waals surface area contributed by atoms with Crippen LogP contribution in [0.25, 0.3) is 0 Å². The molecule has 0 spiro atoms. The monoisotopic (exact) mass is 358 g/mol. The largest absolute Gasteiger partial charge is 0.459 e. The van der Waals surface area contributed by atoms with Crippen molar-refractivity contribution in [2.24, 2.45) is 5.92 Å². The summed E-state index contributed by atoms with van der Waals surface area (Å²) in [5.41, 5.74) is 2.78. The van der Waals surface area contributed by atoms with Gasteiger partial charge in [0.05, 0.1) is 16.6 Å². The fourth-order valence-electron chi connectivity index (χ4n) is 3.01. The van der Waals surface area contributed by atoms with Crippen molar-refractivity contribution in [1.82, 2.24) is 4.98 Å². The van der Waals surface area contributed by atoms with Gasteiger partial charge in [-0.25, -0.2) is 4.98 Å². The number of benzene rings is 1. The minimum atomic E-state index is -0.415. The predicted octanol–water partition coefficient (Wildman–Crippen LogP) is 3.36. The summed E-state index contributed by atoms with van der Waals surface area (Å²) in [5.74, 6) is -0.762. The number of nitrogens with zero attached hydrogens (tertiary/aromatic N) is 2. The van der Waals surface area contributed by atoms with Crippen molar-refractivity contribution in [3.05, 3.63) is 45.9 Å². The van der Waals surface area contributed by atoms with Crippen LogP contribution >= 0.6 is 11.3 Å². The van der Waals surface area contributed by atoms with Crippen molar-refractivity contribution >= 4 is 28.9 Å². The molecule has 2 aromatic rings. The maximum atomic E-state index is 12.4. The van der Waals surface area contributed by atoms with E-state index in [1.165, 1.54) is 0 Å². The zero-order chi connectivity index (χ0) is 17.8. The van der Waals surface area contributed by atoms with Crippen molar-refractivity contribution in [1.29, 1.82) is 0 Å². The lowest BCUT2D eigenvalue weighted by molar-refractivity contribution is -0.149. The Morgan fingerprint density at radius 1 is 1.32 bits per heavy atom. The van der Waals surface area contributed by atoms with Gasteiger partial charge in [0.15, 0.2) is 0 Å². The number of thiazole rings is 1. The lowest BCUT2D eigenvalue weighted by Crippen LogP contribution is -2.27. The fourth-order valence-corrected chi connectivity index (χ4v) is 3.74. The number of carbonyl (C=O) groups is 2. The summed E-state index contributed by atoms with van der Waals surface area (Å²) >= 11 is 1.57. The van der Waals surface area contributed by atoms with Gasteiger partial charge in [-0.1, -0.05) is 32.0 Å². The van der Waals surface area contributed by atoms with E-state index in [1.54, 1.807) is 16.2 Å². The van der Waals surface area contributed by atoms with E-state index < -0.39 is 5.92 Å². The molecule has 0 radical (unpaired) electrons. The number of para-hydroxylation sites is 1. The first-order valence-electron chi connectivity index (χ1n) is 8.60. The molecule has 6 heteroatoms. The second-order valence-electron chi connectivity index (χ2n) is 6.08. The Hall–Kier alpha value is -2.21. The van der Waals surface area contributed by atoms with Crippen LogP contribution < -0.4 is 4.90 Å². The van der Waals surface area contributed by atoms with E-state index in [0.717, 1.165) is 34.8 Å². The normalized spacial score (nSPS) is 17.1. The van der Waals surface area contributed by atoms with Crippen molar-refractivity contribution in [2.75, 3.05) is 11.4 Å². The van der Waals surface area contributed by atoms with Crippen LogP contribution in [0, 0.1) is 5.92 Å². The van der Waals surface area contributed by atoms with E-state index in [9.17, 15) is 9.59 Å². The van der Waals surface area contributed by atoms with Gasteiger partial charge < -0.3 is 9.64 Å². The molecular weight excluding hydrogens is 336 g/mol. The van der Waals surface area contributed by atoms with Gasteiger partial charge in [-0.3, -0.25) is 9.59 Å². The first kappa shape index (κ1) is 17.6. The molecule has 1 aliphatic heterocycles. The minimum Gasteiger partial charge on any atom is -0.459 e. The third-order valence-corrected chi connectivity index (χ3v) is 5.43. The fraction of sp³-hybridized carbons (Fsp3) is 0.421. The Labute approximate surface area is 151 Å². The number of rotatable bonds is 6. The van der Waals surface area contributed by atoms with Crippen LogP contribution in [0.1, 0.15) is 36.5 Å². The standard InChI is InChI=1S/C19H22N2O3S/c1-3-13-7-5-6-8-16(13)21-10-14(9-18(21)22)19(23)24-11-15-12-25-17(4-2)20-15/h5-8,12,14H,3-4,9-11H2,1-2H3. The zero-order valence-corrected chi connectivity index (χ0v) is 15.3. The highest BCUT2D eigenvalue weighted by molar-refractivity contribution is 7.09. The molecule has 0 aliphatic carbocycles. The molecule has 0 saturated carbocycles. The molecule has 0 N–H and O–H groups in total. The minimum absolute atomic E-state index is 0.0234. The van der Waals surface area contributed by atoms with E-state index in [4.69, 9.17) is 4.74 Å². The number of hydrogen-bond acceptors (Lipinski definition) is 5. The highest BCUT2D eigenvalue weighted by atomic mass is 32.1. The van der Waals surface area contributed by atoms with E-state index in [-0.39, 0.29) is 24.9 Å². The van der Waals surface area contributed by atoms with Gasteiger partial charge in [0.1, 0.15) is 6.61 Å². The summed E-state index contributed by atoms with van der Waals surface area (Å²) in [7, 11) is 0. The Balaban J connectivity index is 1.62. The van der Waals surface area contributed by atoms with E-state index in [2.05, 4.69) is 11.9 Å². The SMILES string of the molecule is CCc1nc(COC(=O)C2CC(=O)N(c3ccccc3CC)C2)cs1. The summed E-state index contributed by atoms with van der Waals surface area (Å²) in [6.45, 7) is 4.66. The molecule has 2 heterocycles. The molecule has 0 bridgehead atoms. The van der Waals surface area contributed by atoms with Crippen LogP contribution in [-0.2, 0) is 33.8 Å². The summed E-state index contributed by atoms with van der Waals surface area (Å²) in [5, 5.41) is 2.94. The second-order valence-corrected chi connectivity index (χ2v) is 7.02. The van der Waals surface area contributed by atoms with Crippen LogP contribution in [0.3, 0.4) is 0 Å². The second kappa shape index (κ2) is 7.78. The Kier molecular flexibility index (Phi) is 5.48. The first-order valence-corrected chi connectivity index (χ1v) is 9.48. The molecule has 1 aromatic heterocycles. The molecule has 1 amide bonds. The zero-order valence-electron chi connectivity index (χ0n) is 14.5. The summed E-state index contributed by atoms with van der Waals surface area (Å²) in [4.78, 5) is 30.8. The molecule has 1 saturated heterocycles. The average molecular weight is 358 g/mol. The lowest BCUT2D eigenvalue weighted by atomic mass is 10.1. The third-order valence-electron chi connectivity index (χ3n) is 4.39. The maximum Gasteiger partial charge on any atom is 0.311 e. The highest BCUT2D eigenvalue weighted by Crippen LogP contribution is 2.29. The summed E-state index contributed by atoms with van der Waals surface area (Å²) < 4.78 is 5.39. The molecule has 132 valence electrons. The van der Waals surface area contributed by atoms with Crippen molar-refractivity contribution in [3.63, 3.8) is 0 Å². The van der Waals surface area contributed by atoms with Gasteiger partial charge in [-0.05, 0) is 24.5 Å². The number of amides is 1. The topological polar surface area (TPSA) is 59.5 Å². The van der Waals surface area contributed by atoms with Crippen molar-refractivity contribution < 1.29 is 14.3 Å². The number of esters is 1. The van der Waals surface area contributed by atoms with Crippen LogP contribution in [0.4, 0.5) is 5.69 Å². The van der Waals surface area contributed by atoms with E-state index >= 15 is 0 Å². The Morgan fingerprint density at radius 3 is 2.84 bits per heavy atom.